The lowest BCUT2D eigenvalue weighted by atomic mass is 9.99. The van der Waals surface area contributed by atoms with Crippen LogP contribution in [0.3, 0.4) is 0 Å². The summed E-state index contributed by atoms with van der Waals surface area (Å²) >= 11 is 1.63. The summed E-state index contributed by atoms with van der Waals surface area (Å²) in [4.78, 5) is 14.3. The molecule has 1 fully saturated rings. The number of carbonyl (C=O) groups is 1. The van der Waals surface area contributed by atoms with Gasteiger partial charge in [-0.3, -0.25) is 4.79 Å². The Morgan fingerprint density at radius 2 is 1.86 bits per heavy atom. The minimum absolute atomic E-state index is 0. The molecule has 2 heterocycles. The molecule has 6 nitrogen and oxygen atoms in total. The number of amides is 1. The van der Waals surface area contributed by atoms with Gasteiger partial charge in [0.1, 0.15) is 12.7 Å². The lowest BCUT2D eigenvalue weighted by Crippen LogP contribution is -2.54. The summed E-state index contributed by atoms with van der Waals surface area (Å²) in [7, 11) is 0. The summed E-state index contributed by atoms with van der Waals surface area (Å²) in [6.07, 6.45) is 7.33. The van der Waals surface area contributed by atoms with Crippen molar-refractivity contribution in [2.45, 2.75) is 43.5 Å². The van der Waals surface area contributed by atoms with Crippen LogP contribution in [0.2, 0.25) is 0 Å². The maximum Gasteiger partial charge on any atom is 0.240 e. The number of nitrogens with zero attached hydrogens (tertiary/aromatic N) is 4. The first-order valence-electron chi connectivity index (χ1n) is 6.89. The first-order chi connectivity index (χ1) is 9.45. The van der Waals surface area contributed by atoms with Gasteiger partial charge in [-0.2, -0.15) is 11.8 Å². The number of rotatable bonds is 4. The Morgan fingerprint density at radius 1 is 1.33 bits per heavy atom. The lowest BCUT2D eigenvalue weighted by Gasteiger charge is -2.37. The van der Waals surface area contributed by atoms with E-state index < -0.39 is 6.04 Å². The number of halogens is 1. The van der Waals surface area contributed by atoms with Crippen LogP contribution >= 0.6 is 24.2 Å². The van der Waals surface area contributed by atoms with Crippen LogP contribution in [0.4, 0.5) is 0 Å². The second kappa shape index (κ2) is 7.47. The van der Waals surface area contributed by atoms with E-state index in [0.29, 0.717) is 6.04 Å². The van der Waals surface area contributed by atoms with Gasteiger partial charge in [-0.1, -0.05) is 0 Å². The van der Waals surface area contributed by atoms with Gasteiger partial charge in [-0.05, 0) is 32.9 Å². The van der Waals surface area contributed by atoms with E-state index in [9.17, 15) is 4.79 Å². The highest BCUT2D eigenvalue weighted by Gasteiger charge is 2.35. The van der Waals surface area contributed by atoms with Crippen molar-refractivity contribution < 1.29 is 4.79 Å². The zero-order chi connectivity index (χ0) is 14.8. The molecule has 1 aromatic rings. The Morgan fingerprint density at radius 3 is 2.33 bits per heavy atom. The summed E-state index contributed by atoms with van der Waals surface area (Å²) < 4.78 is 1.79. The van der Waals surface area contributed by atoms with Gasteiger partial charge in [0.15, 0.2) is 0 Å². The van der Waals surface area contributed by atoms with Crippen molar-refractivity contribution in [2.24, 2.45) is 5.73 Å². The van der Waals surface area contributed by atoms with E-state index in [1.165, 1.54) is 0 Å². The monoisotopic (exact) mass is 333 g/mol. The first kappa shape index (κ1) is 18.3. The lowest BCUT2D eigenvalue weighted by molar-refractivity contribution is -0.134. The van der Waals surface area contributed by atoms with Crippen molar-refractivity contribution in [3.8, 4) is 0 Å². The highest BCUT2D eigenvalue weighted by atomic mass is 35.5. The van der Waals surface area contributed by atoms with Crippen LogP contribution in [0.25, 0.3) is 0 Å². The van der Waals surface area contributed by atoms with E-state index in [2.05, 4.69) is 10.2 Å². The van der Waals surface area contributed by atoms with Crippen molar-refractivity contribution in [3.05, 3.63) is 12.7 Å². The smallest absolute Gasteiger partial charge is 0.240 e. The fourth-order valence-corrected chi connectivity index (χ4v) is 2.76. The third-order valence-corrected chi connectivity index (χ3v) is 5.48. The van der Waals surface area contributed by atoms with Crippen molar-refractivity contribution in [3.63, 3.8) is 0 Å². The van der Waals surface area contributed by atoms with Crippen LogP contribution in [0.5, 0.6) is 0 Å². The van der Waals surface area contributed by atoms with E-state index in [1.54, 1.807) is 24.4 Å². The number of likely N-dealkylation sites (tertiary alicyclic amines) is 1. The number of nitrogens with two attached hydrogens (primary N) is 1. The summed E-state index contributed by atoms with van der Waals surface area (Å²) in [6, 6.07) is -0.0669. The van der Waals surface area contributed by atoms with Crippen molar-refractivity contribution in [2.75, 3.05) is 19.3 Å². The topological polar surface area (TPSA) is 77.0 Å². The van der Waals surface area contributed by atoms with Crippen LogP contribution in [-0.2, 0) is 4.79 Å². The molecule has 0 bridgehead atoms. The molecule has 8 heteroatoms. The number of thioether (sulfide) groups is 1. The van der Waals surface area contributed by atoms with Crippen LogP contribution < -0.4 is 5.73 Å². The highest BCUT2D eigenvalue weighted by Crippen LogP contribution is 2.27. The first-order valence-corrected chi connectivity index (χ1v) is 8.12. The SMILES string of the molecule is CSC(C)(C)[C@H](N)C(=O)N1CCC(n2cnnc2)CC1.Cl. The Labute approximate surface area is 136 Å². The summed E-state index contributed by atoms with van der Waals surface area (Å²) in [5.41, 5.74) is 6.13. The molecular formula is C13H24ClN5OS. The Hall–Kier alpha value is -0.790. The third kappa shape index (κ3) is 4.11. The number of carbonyl (C=O) groups excluding carboxylic acids is 1. The highest BCUT2D eigenvalue weighted by molar-refractivity contribution is 8.00. The fourth-order valence-electron chi connectivity index (χ4n) is 2.40. The van der Waals surface area contributed by atoms with Crippen molar-refractivity contribution in [1.82, 2.24) is 19.7 Å². The molecule has 0 unspecified atom stereocenters. The van der Waals surface area contributed by atoms with E-state index in [1.807, 2.05) is 29.6 Å². The quantitative estimate of drug-likeness (QED) is 0.899. The van der Waals surface area contributed by atoms with Gasteiger partial charge >= 0.3 is 0 Å². The molecule has 1 aliphatic heterocycles. The summed E-state index contributed by atoms with van der Waals surface area (Å²) in [5, 5.41) is 7.67. The second-order valence-corrected chi connectivity index (χ2v) is 7.21. The van der Waals surface area contributed by atoms with E-state index in [0.717, 1.165) is 25.9 Å². The second-order valence-electron chi connectivity index (χ2n) is 5.75. The number of aromatic nitrogens is 3. The minimum Gasteiger partial charge on any atom is -0.341 e. The van der Waals surface area contributed by atoms with E-state index in [4.69, 9.17) is 5.73 Å². The zero-order valence-corrected chi connectivity index (χ0v) is 14.4. The standard InChI is InChI=1S/C13H23N5OS.ClH/c1-13(2,20-3)11(14)12(19)17-6-4-10(5-7-17)18-8-15-16-9-18;/h8-11H,4-7,14H2,1-3H3;1H/t11-;/m1./s1. The van der Waals surface area contributed by atoms with Gasteiger partial charge < -0.3 is 15.2 Å². The molecule has 0 aromatic carbocycles. The Kier molecular flexibility index (Phi) is 6.49. The van der Waals surface area contributed by atoms with Crippen LogP contribution in [0.15, 0.2) is 12.7 Å². The molecule has 1 atom stereocenters. The molecule has 2 rings (SSSR count). The van der Waals surface area contributed by atoms with Gasteiger partial charge in [-0.25, -0.2) is 0 Å². The molecule has 0 saturated carbocycles. The molecule has 0 radical (unpaired) electrons. The molecule has 21 heavy (non-hydrogen) atoms. The minimum atomic E-state index is -0.455. The number of hydrogen-bond acceptors (Lipinski definition) is 5. The zero-order valence-electron chi connectivity index (χ0n) is 12.7. The maximum atomic E-state index is 12.5. The summed E-state index contributed by atoms with van der Waals surface area (Å²) in [6.45, 7) is 5.54. The predicted octanol–water partition coefficient (Wildman–Crippen LogP) is 1.33. The van der Waals surface area contributed by atoms with E-state index >= 15 is 0 Å². The molecule has 1 aliphatic rings. The van der Waals surface area contributed by atoms with Gasteiger partial charge in [0.25, 0.3) is 0 Å². The summed E-state index contributed by atoms with van der Waals surface area (Å²) in [5.74, 6) is 0.0616. The molecule has 0 spiro atoms. The third-order valence-electron chi connectivity index (χ3n) is 4.18. The van der Waals surface area contributed by atoms with Gasteiger partial charge in [0.05, 0.1) is 6.04 Å². The van der Waals surface area contributed by atoms with Crippen LogP contribution in [0.1, 0.15) is 32.7 Å². The number of piperidine rings is 1. The van der Waals surface area contributed by atoms with Crippen molar-refractivity contribution in [1.29, 1.82) is 0 Å². The predicted molar refractivity (Wildman–Crippen MR) is 87.7 cm³/mol. The molecule has 2 N–H and O–H groups in total. The molecule has 1 saturated heterocycles. The van der Waals surface area contributed by atoms with Crippen LogP contribution in [-0.4, -0.2) is 55.7 Å². The van der Waals surface area contributed by atoms with Gasteiger partial charge in [0, 0.05) is 23.9 Å². The molecule has 1 aromatic heterocycles. The molecule has 120 valence electrons. The largest absolute Gasteiger partial charge is 0.341 e. The average Bonchev–Trinajstić information content (AvgIpc) is 3.00. The average molecular weight is 334 g/mol. The molecule has 0 aliphatic carbocycles. The normalized spacial score (nSPS) is 18.2. The van der Waals surface area contributed by atoms with Crippen LogP contribution in [0, 0.1) is 0 Å². The maximum absolute atomic E-state index is 12.5. The van der Waals surface area contributed by atoms with Gasteiger partial charge in [-0.15, -0.1) is 22.6 Å². The van der Waals surface area contributed by atoms with Crippen molar-refractivity contribution >= 4 is 30.1 Å². The fraction of sp³-hybridized carbons (Fsp3) is 0.769. The molecular weight excluding hydrogens is 310 g/mol. The van der Waals surface area contributed by atoms with E-state index in [-0.39, 0.29) is 23.1 Å². The van der Waals surface area contributed by atoms with Gasteiger partial charge in [0.2, 0.25) is 5.91 Å². The Balaban J connectivity index is 0.00000220. The Bertz CT molecular complexity index is 445. The number of hydrogen-bond donors (Lipinski definition) is 1. The molecule has 1 amide bonds.